The average Bonchev–Trinajstić information content (AvgIpc) is 2.83. The summed E-state index contributed by atoms with van der Waals surface area (Å²) in [5.74, 6) is -1.99. The Bertz CT molecular complexity index is 881. The highest BCUT2D eigenvalue weighted by molar-refractivity contribution is 6.03. The summed E-state index contributed by atoms with van der Waals surface area (Å²) in [7, 11) is 0. The molecule has 0 aromatic heterocycles. The number of hydrogen-bond acceptors (Lipinski definition) is 4. The monoisotopic (exact) mass is 478 g/mol. The van der Waals surface area contributed by atoms with Crippen LogP contribution >= 0.6 is 0 Å². The molecule has 0 N–H and O–H groups in total. The minimum atomic E-state index is -4.80. The van der Waals surface area contributed by atoms with Gasteiger partial charge in [0.05, 0.1) is 17.7 Å². The van der Waals surface area contributed by atoms with Gasteiger partial charge in [-0.25, -0.2) is 9.59 Å². The Balaban J connectivity index is 1.89. The van der Waals surface area contributed by atoms with Crippen molar-refractivity contribution in [2.24, 2.45) is 0 Å². The van der Waals surface area contributed by atoms with Crippen molar-refractivity contribution in [2.75, 3.05) is 6.61 Å². The molecular formula is C27H33F3O4. The van der Waals surface area contributed by atoms with Gasteiger partial charge in [0.1, 0.15) is 0 Å². The summed E-state index contributed by atoms with van der Waals surface area (Å²) in [5, 5.41) is 0. The fourth-order valence-corrected chi connectivity index (χ4v) is 3.62. The third-order valence-electron chi connectivity index (χ3n) is 5.47. The molecule has 4 nitrogen and oxygen atoms in total. The lowest BCUT2D eigenvalue weighted by Crippen LogP contribution is -2.27. The second kappa shape index (κ2) is 14.4. The van der Waals surface area contributed by atoms with Crippen LogP contribution in [0.5, 0.6) is 0 Å². The summed E-state index contributed by atoms with van der Waals surface area (Å²) in [4.78, 5) is 25.1. The molecule has 0 spiro atoms. The quantitative estimate of drug-likeness (QED) is 0.205. The van der Waals surface area contributed by atoms with E-state index in [9.17, 15) is 22.8 Å². The Kier molecular flexibility index (Phi) is 11.6. The van der Waals surface area contributed by atoms with Gasteiger partial charge in [0, 0.05) is 5.56 Å². The molecule has 0 fully saturated rings. The first kappa shape index (κ1) is 27.4. The van der Waals surface area contributed by atoms with E-state index in [2.05, 4.69) is 6.92 Å². The van der Waals surface area contributed by atoms with Crippen molar-refractivity contribution < 1.29 is 32.2 Å². The van der Waals surface area contributed by atoms with Crippen molar-refractivity contribution in [1.29, 1.82) is 0 Å². The summed E-state index contributed by atoms with van der Waals surface area (Å²) in [6, 6.07) is 12.5. The van der Waals surface area contributed by atoms with Crippen LogP contribution in [0.15, 0.2) is 54.6 Å². The van der Waals surface area contributed by atoms with Gasteiger partial charge in [0.25, 0.3) is 0 Å². The maximum atomic E-state index is 13.5. The molecule has 0 saturated carbocycles. The molecule has 34 heavy (non-hydrogen) atoms. The molecule has 0 heterocycles. The Labute approximate surface area is 199 Å². The van der Waals surface area contributed by atoms with Crippen molar-refractivity contribution in [3.05, 3.63) is 71.3 Å². The molecule has 1 unspecified atom stereocenters. The molecule has 2 rings (SSSR count). The maximum absolute atomic E-state index is 13.5. The van der Waals surface area contributed by atoms with Crippen molar-refractivity contribution >= 4 is 11.9 Å². The van der Waals surface area contributed by atoms with Crippen LogP contribution in [0.4, 0.5) is 13.2 Å². The van der Waals surface area contributed by atoms with Gasteiger partial charge in [-0.1, -0.05) is 101 Å². The molecule has 0 saturated heterocycles. The van der Waals surface area contributed by atoms with Crippen LogP contribution in [0.3, 0.4) is 0 Å². The molecule has 1 atom stereocenters. The van der Waals surface area contributed by atoms with E-state index in [4.69, 9.17) is 9.47 Å². The summed E-state index contributed by atoms with van der Waals surface area (Å²) in [6.07, 6.45) is 2.80. The van der Waals surface area contributed by atoms with Crippen molar-refractivity contribution in [3.63, 3.8) is 0 Å². The summed E-state index contributed by atoms with van der Waals surface area (Å²) >= 11 is 0. The molecule has 0 bridgehead atoms. The number of carbonyl (C=O) groups excluding carboxylic acids is 2. The zero-order valence-corrected chi connectivity index (χ0v) is 19.6. The number of alkyl halides is 3. The Hall–Kier alpha value is -2.83. The first-order valence-electron chi connectivity index (χ1n) is 11.9. The Morgan fingerprint density at radius 1 is 0.735 bits per heavy atom. The molecule has 186 valence electrons. The van der Waals surface area contributed by atoms with E-state index in [-0.39, 0.29) is 23.3 Å². The topological polar surface area (TPSA) is 52.6 Å². The van der Waals surface area contributed by atoms with Gasteiger partial charge in [0.15, 0.2) is 0 Å². The zero-order valence-electron chi connectivity index (χ0n) is 19.6. The fraction of sp³-hybridized carbons (Fsp3) is 0.481. The van der Waals surface area contributed by atoms with Crippen molar-refractivity contribution in [2.45, 2.75) is 77.0 Å². The highest BCUT2D eigenvalue weighted by Crippen LogP contribution is 2.36. The minimum absolute atomic E-state index is 0.114. The zero-order chi connectivity index (χ0) is 24.8. The van der Waals surface area contributed by atoms with Crippen molar-refractivity contribution in [1.82, 2.24) is 0 Å². The minimum Gasteiger partial charge on any atom is -0.462 e. The largest absolute Gasteiger partial charge is 0.462 e. The number of benzene rings is 2. The van der Waals surface area contributed by atoms with E-state index < -0.39 is 24.2 Å². The predicted molar refractivity (Wildman–Crippen MR) is 125 cm³/mol. The van der Waals surface area contributed by atoms with Crippen LogP contribution in [0.1, 0.15) is 97.1 Å². The van der Waals surface area contributed by atoms with Crippen LogP contribution in [0, 0.1) is 0 Å². The lowest BCUT2D eigenvalue weighted by atomic mass is 10.1. The third kappa shape index (κ3) is 9.20. The molecule has 0 aliphatic rings. The molecule has 2 aromatic rings. The highest BCUT2D eigenvalue weighted by atomic mass is 19.4. The van der Waals surface area contributed by atoms with Gasteiger partial charge in [-0.15, -0.1) is 0 Å². The lowest BCUT2D eigenvalue weighted by molar-refractivity contribution is -0.207. The van der Waals surface area contributed by atoms with E-state index in [1.54, 1.807) is 6.07 Å². The van der Waals surface area contributed by atoms with Gasteiger partial charge in [-0.3, -0.25) is 0 Å². The van der Waals surface area contributed by atoms with E-state index in [0.717, 1.165) is 19.3 Å². The van der Waals surface area contributed by atoms with Gasteiger partial charge in [-0.2, -0.15) is 13.2 Å². The molecular weight excluding hydrogens is 445 g/mol. The van der Waals surface area contributed by atoms with Crippen LogP contribution in [0.25, 0.3) is 0 Å². The summed E-state index contributed by atoms with van der Waals surface area (Å²) in [5.41, 5.74) is -0.573. The van der Waals surface area contributed by atoms with Crippen LogP contribution < -0.4 is 0 Å². The second-order valence-electron chi connectivity index (χ2n) is 8.25. The first-order chi connectivity index (χ1) is 16.3. The Morgan fingerprint density at radius 3 is 1.79 bits per heavy atom. The second-order valence-corrected chi connectivity index (χ2v) is 8.25. The van der Waals surface area contributed by atoms with E-state index in [0.29, 0.717) is 6.42 Å². The molecule has 0 amide bonds. The number of esters is 2. The summed E-state index contributed by atoms with van der Waals surface area (Å²) in [6.45, 7) is 2.37. The smallest absolute Gasteiger partial charge is 0.429 e. The summed E-state index contributed by atoms with van der Waals surface area (Å²) < 4.78 is 50.7. The lowest BCUT2D eigenvalue weighted by Gasteiger charge is -2.21. The molecule has 0 aliphatic heterocycles. The van der Waals surface area contributed by atoms with E-state index >= 15 is 0 Å². The number of carbonyl (C=O) groups is 2. The molecule has 2 aromatic carbocycles. The normalized spacial score (nSPS) is 12.2. The van der Waals surface area contributed by atoms with Crippen LogP contribution in [-0.2, 0) is 9.47 Å². The highest BCUT2D eigenvalue weighted by Gasteiger charge is 2.44. The third-order valence-corrected chi connectivity index (χ3v) is 5.47. The van der Waals surface area contributed by atoms with Gasteiger partial charge >= 0.3 is 18.1 Å². The standard InChI is InChI=1S/C27H33F3O4/c1-2-3-4-5-6-7-8-9-15-20-33-25(31)22-18-13-14-19-23(22)26(32)34-24(27(28,29)30)21-16-11-10-12-17-21/h10-14,16-19,24H,2-9,15,20H2,1H3. The molecule has 7 heteroatoms. The molecule has 0 aliphatic carbocycles. The first-order valence-corrected chi connectivity index (χ1v) is 11.9. The van der Waals surface area contributed by atoms with Crippen LogP contribution in [-0.4, -0.2) is 24.7 Å². The van der Waals surface area contributed by atoms with Gasteiger partial charge < -0.3 is 9.47 Å². The molecule has 0 radical (unpaired) electrons. The number of rotatable bonds is 14. The van der Waals surface area contributed by atoms with Crippen LogP contribution in [0.2, 0.25) is 0 Å². The number of unbranched alkanes of at least 4 members (excludes halogenated alkanes) is 8. The Morgan fingerprint density at radius 2 is 1.24 bits per heavy atom. The van der Waals surface area contributed by atoms with Gasteiger partial charge in [-0.05, 0) is 18.6 Å². The predicted octanol–water partition coefficient (Wildman–Crippen LogP) is 7.83. The van der Waals surface area contributed by atoms with Crippen molar-refractivity contribution in [3.8, 4) is 0 Å². The van der Waals surface area contributed by atoms with Gasteiger partial charge in [0.2, 0.25) is 6.10 Å². The van der Waals surface area contributed by atoms with E-state index in [1.165, 1.54) is 80.6 Å². The number of ether oxygens (including phenoxy) is 2. The number of hydrogen-bond donors (Lipinski definition) is 0. The number of halogens is 3. The SMILES string of the molecule is CCCCCCCCCCCOC(=O)c1ccccc1C(=O)OC(c1ccccc1)C(F)(F)F. The van der Waals surface area contributed by atoms with E-state index in [1.807, 2.05) is 0 Å². The maximum Gasteiger partial charge on any atom is 0.429 e. The fourth-order valence-electron chi connectivity index (χ4n) is 3.62. The average molecular weight is 479 g/mol.